The minimum absolute atomic E-state index is 0.0265. The Morgan fingerprint density at radius 2 is 2.00 bits per heavy atom. The number of carboxylic acid groups (broad SMARTS) is 1. The molecule has 2 N–H and O–H groups in total. The van der Waals surface area contributed by atoms with Crippen LogP contribution in [0.2, 0.25) is 0 Å². The van der Waals surface area contributed by atoms with Crippen molar-refractivity contribution >= 4 is 27.4 Å². The summed E-state index contributed by atoms with van der Waals surface area (Å²) in [6, 6.07) is 3.10. The maximum Gasteiger partial charge on any atom is 0.416 e. The van der Waals surface area contributed by atoms with Crippen LogP contribution in [-0.4, -0.2) is 16.2 Å². The van der Waals surface area contributed by atoms with Gasteiger partial charge in [0, 0.05) is 15.1 Å². The third-order valence-electron chi connectivity index (χ3n) is 2.75. The number of hydrogen-bond donors (Lipinski definition) is 2. The highest BCUT2D eigenvalue weighted by Gasteiger charge is 2.32. The number of hydrogen-bond acceptors (Lipinski definition) is 3. The highest BCUT2D eigenvalue weighted by molar-refractivity contribution is 7.19. The lowest BCUT2D eigenvalue weighted by atomic mass is 10.0. The maximum absolute atomic E-state index is 12.6. The van der Waals surface area contributed by atoms with Gasteiger partial charge in [0.2, 0.25) is 0 Å². The fourth-order valence-electron chi connectivity index (χ4n) is 1.88. The van der Waals surface area contributed by atoms with Crippen molar-refractivity contribution in [3.05, 3.63) is 34.2 Å². The van der Waals surface area contributed by atoms with Crippen LogP contribution in [0.15, 0.2) is 18.2 Å². The van der Waals surface area contributed by atoms with E-state index in [1.807, 2.05) is 0 Å². The Morgan fingerprint density at radius 1 is 1.37 bits per heavy atom. The molecule has 0 saturated heterocycles. The molecule has 3 nitrogen and oxygen atoms in total. The summed E-state index contributed by atoms with van der Waals surface area (Å²) in [5.41, 5.74) is -0.838. The van der Waals surface area contributed by atoms with Gasteiger partial charge in [-0.25, -0.2) is 4.79 Å². The van der Waals surface area contributed by atoms with Gasteiger partial charge in [0.1, 0.15) is 0 Å². The Morgan fingerprint density at radius 3 is 2.53 bits per heavy atom. The molecule has 0 aliphatic heterocycles. The van der Waals surface area contributed by atoms with E-state index in [1.165, 1.54) is 6.07 Å². The van der Waals surface area contributed by atoms with Crippen LogP contribution in [0.25, 0.3) is 10.1 Å². The van der Waals surface area contributed by atoms with E-state index < -0.39 is 23.8 Å². The van der Waals surface area contributed by atoms with Crippen LogP contribution in [0.5, 0.6) is 0 Å². The Hall–Kier alpha value is -1.60. The van der Waals surface area contributed by atoms with Crippen LogP contribution >= 0.6 is 11.3 Å². The summed E-state index contributed by atoms with van der Waals surface area (Å²) in [7, 11) is 0. The summed E-state index contributed by atoms with van der Waals surface area (Å²) in [6.45, 7) is 1.57. The standard InChI is InChI=1S/C12H9F3O3S/c1-5-9(10(16)11(17)18)7-4-6(12(13,14)15)2-3-8(7)19-5/h2-4,10,16H,1H3,(H,17,18). The fourth-order valence-corrected chi connectivity index (χ4v) is 2.95. The molecule has 7 heteroatoms. The van der Waals surface area contributed by atoms with Crippen LogP contribution in [0.4, 0.5) is 13.2 Å². The number of aryl methyl sites for hydroxylation is 1. The highest BCUT2D eigenvalue weighted by Crippen LogP contribution is 2.38. The number of fused-ring (bicyclic) bond motifs is 1. The molecule has 1 aromatic carbocycles. The molecule has 1 heterocycles. The lowest BCUT2D eigenvalue weighted by molar-refractivity contribution is -0.146. The summed E-state index contributed by atoms with van der Waals surface area (Å²) in [5.74, 6) is -1.49. The molecule has 0 fully saturated rings. The summed E-state index contributed by atoms with van der Waals surface area (Å²) in [5, 5.41) is 18.5. The van der Waals surface area contributed by atoms with Crippen molar-refractivity contribution in [2.75, 3.05) is 0 Å². The second-order valence-corrected chi connectivity index (χ2v) is 5.28. The molecule has 19 heavy (non-hydrogen) atoms. The van der Waals surface area contributed by atoms with Crippen LogP contribution in [0.3, 0.4) is 0 Å². The van der Waals surface area contributed by atoms with Gasteiger partial charge in [-0.15, -0.1) is 11.3 Å². The largest absolute Gasteiger partial charge is 0.479 e. The van der Waals surface area contributed by atoms with Crippen molar-refractivity contribution in [2.24, 2.45) is 0 Å². The lowest BCUT2D eigenvalue weighted by Gasteiger charge is -2.09. The van der Waals surface area contributed by atoms with E-state index in [0.29, 0.717) is 9.58 Å². The predicted octanol–water partition coefficient (Wildman–Crippen LogP) is 3.35. The molecule has 0 amide bonds. The van der Waals surface area contributed by atoms with Gasteiger partial charge in [-0.3, -0.25) is 0 Å². The number of carboxylic acids is 1. The topological polar surface area (TPSA) is 57.5 Å². The molecular formula is C12H9F3O3S. The summed E-state index contributed by atoms with van der Waals surface area (Å²) in [4.78, 5) is 11.3. The first-order chi connectivity index (χ1) is 8.71. The van der Waals surface area contributed by atoms with Gasteiger partial charge in [-0.2, -0.15) is 13.2 Å². The molecule has 2 aromatic rings. The summed E-state index contributed by atoms with van der Waals surface area (Å²) >= 11 is 1.15. The first kappa shape index (κ1) is 13.8. The van der Waals surface area contributed by atoms with E-state index in [1.54, 1.807) is 6.92 Å². The zero-order chi connectivity index (χ0) is 14.4. The van der Waals surface area contributed by atoms with Crippen molar-refractivity contribution in [3.8, 4) is 0 Å². The summed E-state index contributed by atoms with van der Waals surface area (Å²) in [6.07, 6.45) is -6.33. The number of alkyl halides is 3. The Bertz CT molecular complexity index is 645. The minimum Gasteiger partial charge on any atom is -0.479 e. The van der Waals surface area contributed by atoms with Crippen LogP contribution in [-0.2, 0) is 11.0 Å². The van der Waals surface area contributed by atoms with Crippen molar-refractivity contribution in [1.82, 2.24) is 0 Å². The second kappa shape index (κ2) is 4.50. The van der Waals surface area contributed by atoms with E-state index >= 15 is 0 Å². The van der Waals surface area contributed by atoms with E-state index in [-0.39, 0.29) is 10.9 Å². The Kier molecular flexibility index (Phi) is 3.27. The number of carbonyl (C=O) groups is 1. The molecule has 0 aliphatic rings. The minimum atomic E-state index is -4.50. The molecular weight excluding hydrogens is 281 g/mol. The normalized spacial score (nSPS) is 13.7. The number of aliphatic hydroxyl groups is 1. The van der Waals surface area contributed by atoms with Gasteiger partial charge >= 0.3 is 12.1 Å². The summed E-state index contributed by atoms with van der Waals surface area (Å²) < 4.78 is 38.4. The highest BCUT2D eigenvalue weighted by atomic mass is 32.1. The second-order valence-electron chi connectivity index (χ2n) is 4.02. The average Bonchev–Trinajstić information content (AvgIpc) is 2.61. The van der Waals surface area contributed by atoms with E-state index in [4.69, 9.17) is 5.11 Å². The molecule has 1 aromatic heterocycles. The third kappa shape index (κ3) is 2.43. The van der Waals surface area contributed by atoms with Crippen molar-refractivity contribution in [3.63, 3.8) is 0 Å². The monoisotopic (exact) mass is 290 g/mol. The maximum atomic E-state index is 12.6. The molecule has 0 radical (unpaired) electrons. The van der Waals surface area contributed by atoms with Crippen LogP contribution < -0.4 is 0 Å². The van der Waals surface area contributed by atoms with Gasteiger partial charge < -0.3 is 10.2 Å². The van der Waals surface area contributed by atoms with Gasteiger partial charge in [-0.05, 0) is 30.5 Å². The number of aliphatic carboxylic acids is 1. The molecule has 1 unspecified atom stereocenters. The van der Waals surface area contributed by atoms with Gasteiger partial charge in [0.25, 0.3) is 0 Å². The Labute approximate surface area is 109 Å². The smallest absolute Gasteiger partial charge is 0.416 e. The number of benzene rings is 1. The Balaban J connectivity index is 2.70. The lowest BCUT2D eigenvalue weighted by Crippen LogP contribution is -2.11. The molecule has 0 aliphatic carbocycles. The zero-order valence-electron chi connectivity index (χ0n) is 9.65. The van der Waals surface area contributed by atoms with Crippen LogP contribution in [0, 0.1) is 6.92 Å². The number of rotatable bonds is 2. The van der Waals surface area contributed by atoms with E-state index in [2.05, 4.69) is 0 Å². The quantitative estimate of drug-likeness (QED) is 0.891. The average molecular weight is 290 g/mol. The zero-order valence-corrected chi connectivity index (χ0v) is 10.5. The van der Waals surface area contributed by atoms with Gasteiger partial charge in [0.15, 0.2) is 6.10 Å². The number of thiophene rings is 1. The molecule has 1 atom stereocenters. The number of aliphatic hydroxyl groups excluding tert-OH is 1. The molecule has 0 spiro atoms. The van der Waals surface area contributed by atoms with Gasteiger partial charge in [-0.1, -0.05) is 0 Å². The van der Waals surface area contributed by atoms with Crippen molar-refractivity contribution < 1.29 is 28.2 Å². The van der Waals surface area contributed by atoms with Crippen molar-refractivity contribution in [2.45, 2.75) is 19.2 Å². The number of halogens is 3. The predicted molar refractivity (Wildman–Crippen MR) is 64.2 cm³/mol. The van der Waals surface area contributed by atoms with Crippen molar-refractivity contribution in [1.29, 1.82) is 0 Å². The van der Waals surface area contributed by atoms with Crippen LogP contribution in [0.1, 0.15) is 22.1 Å². The van der Waals surface area contributed by atoms with E-state index in [0.717, 1.165) is 23.5 Å². The first-order valence-corrected chi connectivity index (χ1v) is 6.04. The molecule has 0 bridgehead atoms. The molecule has 0 saturated carbocycles. The fraction of sp³-hybridized carbons (Fsp3) is 0.250. The third-order valence-corrected chi connectivity index (χ3v) is 3.85. The SMILES string of the molecule is Cc1sc2ccc(C(F)(F)F)cc2c1C(O)C(=O)O. The van der Waals surface area contributed by atoms with Gasteiger partial charge in [0.05, 0.1) is 5.56 Å². The molecule has 2 rings (SSSR count). The molecule has 102 valence electrons. The first-order valence-electron chi connectivity index (χ1n) is 5.23. The van der Waals surface area contributed by atoms with E-state index in [9.17, 15) is 23.1 Å².